The highest BCUT2D eigenvalue weighted by atomic mass is 79.9. The van der Waals surface area contributed by atoms with Crippen LogP contribution in [-0.2, 0) is 0 Å². The van der Waals surface area contributed by atoms with Crippen LogP contribution in [0.4, 0.5) is 0 Å². The summed E-state index contributed by atoms with van der Waals surface area (Å²) in [6, 6.07) is 18.4. The lowest BCUT2D eigenvalue weighted by Gasteiger charge is -2.17. The third-order valence-electron chi connectivity index (χ3n) is 3.68. The second-order valence-corrected chi connectivity index (χ2v) is 6.80. The summed E-state index contributed by atoms with van der Waals surface area (Å²) < 4.78 is 0.953. The molecule has 0 aliphatic rings. The van der Waals surface area contributed by atoms with Crippen LogP contribution in [0.25, 0.3) is 10.8 Å². The number of halogens is 3. The molecule has 0 aliphatic heterocycles. The van der Waals surface area contributed by atoms with Crippen molar-refractivity contribution in [1.82, 2.24) is 0 Å². The minimum atomic E-state index is -0.267. The van der Waals surface area contributed by atoms with Gasteiger partial charge in [-0.3, -0.25) is 0 Å². The van der Waals surface area contributed by atoms with Crippen molar-refractivity contribution in [3.63, 3.8) is 0 Å². The molecule has 3 aromatic carbocycles. The third kappa shape index (κ3) is 2.83. The van der Waals surface area contributed by atoms with E-state index < -0.39 is 0 Å². The Kier molecular flexibility index (Phi) is 4.26. The van der Waals surface area contributed by atoms with Gasteiger partial charge in [-0.2, -0.15) is 0 Å². The second-order valence-electron chi connectivity index (χ2n) is 5.05. The van der Waals surface area contributed by atoms with Gasteiger partial charge in [-0.15, -0.1) is 11.6 Å². The minimum Gasteiger partial charge on any atom is -0.112 e. The van der Waals surface area contributed by atoms with E-state index in [-0.39, 0.29) is 5.38 Å². The smallest absolute Gasteiger partial charge is 0.0858 e. The molecule has 0 heterocycles. The van der Waals surface area contributed by atoms with Crippen molar-refractivity contribution in [2.24, 2.45) is 0 Å². The number of hydrogen-bond donors (Lipinski definition) is 0. The molecule has 0 aliphatic carbocycles. The van der Waals surface area contributed by atoms with Crippen LogP contribution in [0.15, 0.2) is 59.1 Å². The number of fused-ring (bicyclic) bond motifs is 1. The van der Waals surface area contributed by atoms with Gasteiger partial charge in [0.15, 0.2) is 0 Å². The first-order chi connectivity index (χ1) is 10.1. The van der Waals surface area contributed by atoms with Crippen LogP contribution in [0, 0.1) is 6.92 Å². The summed E-state index contributed by atoms with van der Waals surface area (Å²) in [5, 5.41) is 2.78. The van der Waals surface area contributed by atoms with Gasteiger partial charge in [0.25, 0.3) is 0 Å². The first-order valence-corrected chi connectivity index (χ1v) is 8.26. The SMILES string of the molecule is Cc1ccc2ccccc2c1C(Cl)c1ccc(Br)cc1Cl. The molecule has 0 saturated heterocycles. The molecular weight excluding hydrogens is 367 g/mol. The van der Waals surface area contributed by atoms with E-state index in [1.165, 1.54) is 16.3 Å². The van der Waals surface area contributed by atoms with Gasteiger partial charge in [-0.1, -0.05) is 70.0 Å². The van der Waals surface area contributed by atoms with Crippen molar-refractivity contribution in [2.75, 3.05) is 0 Å². The number of rotatable bonds is 2. The molecule has 0 aromatic heterocycles. The molecule has 21 heavy (non-hydrogen) atoms. The minimum absolute atomic E-state index is 0.267. The number of hydrogen-bond acceptors (Lipinski definition) is 0. The maximum Gasteiger partial charge on any atom is 0.0858 e. The molecule has 0 N–H and O–H groups in total. The Hall–Kier alpha value is -1.02. The van der Waals surface area contributed by atoms with Crippen LogP contribution in [0.2, 0.25) is 5.02 Å². The topological polar surface area (TPSA) is 0 Å². The van der Waals surface area contributed by atoms with E-state index in [9.17, 15) is 0 Å². The van der Waals surface area contributed by atoms with Gasteiger partial charge in [0.05, 0.1) is 5.38 Å². The maximum atomic E-state index is 6.77. The molecule has 0 spiro atoms. The Bertz CT molecular complexity index is 811. The number of aryl methyl sites for hydroxylation is 1. The van der Waals surface area contributed by atoms with Gasteiger partial charge in [0, 0.05) is 9.50 Å². The summed E-state index contributed by atoms with van der Waals surface area (Å²) in [7, 11) is 0. The number of benzene rings is 3. The molecule has 0 saturated carbocycles. The highest BCUT2D eigenvalue weighted by Crippen LogP contribution is 2.39. The molecule has 0 amide bonds. The maximum absolute atomic E-state index is 6.77. The monoisotopic (exact) mass is 378 g/mol. The van der Waals surface area contributed by atoms with Crippen LogP contribution >= 0.6 is 39.1 Å². The fraction of sp³-hybridized carbons (Fsp3) is 0.111. The average molecular weight is 380 g/mol. The standard InChI is InChI=1S/C18H13BrCl2/c1-11-6-7-12-4-2-3-5-14(12)17(11)18(21)15-9-8-13(19)10-16(15)20/h2-10,18H,1H3. The summed E-state index contributed by atoms with van der Waals surface area (Å²) in [6.45, 7) is 2.09. The summed E-state index contributed by atoms with van der Waals surface area (Å²) in [5.41, 5.74) is 3.23. The molecule has 3 rings (SSSR count). The summed E-state index contributed by atoms with van der Waals surface area (Å²) in [5.74, 6) is 0. The lowest BCUT2D eigenvalue weighted by Crippen LogP contribution is -1.99. The Morgan fingerprint density at radius 1 is 1.00 bits per heavy atom. The Morgan fingerprint density at radius 2 is 1.76 bits per heavy atom. The first kappa shape index (κ1) is 14.9. The molecule has 1 unspecified atom stereocenters. The van der Waals surface area contributed by atoms with Crippen LogP contribution in [-0.4, -0.2) is 0 Å². The molecule has 106 valence electrons. The van der Waals surface area contributed by atoms with E-state index in [4.69, 9.17) is 23.2 Å². The van der Waals surface area contributed by atoms with E-state index >= 15 is 0 Å². The summed E-state index contributed by atoms with van der Waals surface area (Å²) in [6.07, 6.45) is 0. The first-order valence-electron chi connectivity index (χ1n) is 6.65. The van der Waals surface area contributed by atoms with E-state index in [1.54, 1.807) is 0 Å². The van der Waals surface area contributed by atoms with E-state index in [1.807, 2.05) is 30.3 Å². The largest absolute Gasteiger partial charge is 0.112 e. The summed E-state index contributed by atoms with van der Waals surface area (Å²) >= 11 is 16.6. The average Bonchev–Trinajstić information content (AvgIpc) is 2.46. The van der Waals surface area contributed by atoms with Crippen LogP contribution in [0.1, 0.15) is 22.1 Å². The molecular formula is C18H13BrCl2. The van der Waals surface area contributed by atoms with Gasteiger partial charge in [-0.05, 0) is 46.5 Å². The van der Waals surface area contributed by atoms with E-state index in [0.717, 1.165) is 15.6 Å². The third-order valence-corrected chi connectivity index (χ3v) is 4.95. The second kappa shape index (κ2) is 6.00. The molecule has 3 aromatic rings. The van der Waals surface area contributed by atoms with Crippen molar-refractivity contribution >= 4 is 49.9 Å². The molecule has 0 bridgehead atoms. The molecule has 1 atom stereocenters. The van der Waals surface area contributed by atoms with Crippen molar-refractivity contribution in [1.29, 1.82) is 0 Å². The molecule has 3 heteroatoms. The Balaban J connectivity index is 2.21. The zero-order valence-electron chi connectivity index (χ0n) is 11.4. The van der Waals surface area contributed by atoms with Gasteiger partial charge in [-0.25, -0.2) is 0 Å². The van der Waals surface area contributed by atoms with E-state index in [0.29, 0.717) is 5.02 Å². The van der Waals surface area contributed by atoms with E-state index in [2.05, 4.69) is 47.1 Å². The predicted molar refractivity (Wildman–Crippen MR) is 95.5 cm³/mol. The fourth-order valence-electron chi connectivity index (χ4n) is 2.60. The molecule has 0 fully saturated rings. The Morgan fingerprint density at radius 3 is 2.52 bits per heavy atom. The fourth-order valence-corrected chi connectivity index (χ4v) is 3.92. The van der Waals surface area contributed by atoms with Gasteiger partial charge in [0.1, 0.15) is 0 Å². The summed E-state index contributed by atoms with van der Waals surface area (Å²) in [4.78, 5) is 0. The quantitative estimate of drug-likeness (QED) is 0.425. The van der Waals surface area contributed by atoms with Crippen molar-refractivity contribution in [3.05, 3.63) is 80.8 Å². The van der Waals surface area contributed by atoms with Crippen LogP contribution < -0.4 is 0 Å². The Labute approximate surface area is 142 Å². The van der Waals surface area contributed by atoms with Crippen molar-refractivity contribution < 1.29 is 0 Å². The normalized spacial score (nSPS) is 12.6. The number of alkyl halides is 1. The van der Waals surface area contributed by atoms with Crippen molar-refractivity contribution in [3.8, 4) is 0 Å². The van der Waals surface area contributed by atoms with Crippen LogP contribution in [0.5, 0.6) is 0 Å². The zero-order valence-corrected chi connectivity index (χ0v) is 14.5. The molecule has 0 radical (unpaired) electrons. The van der Waals surface area contributed by atoms with Gasteiger partial charge >= 0.3 is 0 Å². The molecule has 0 nitrogen and oxygen atoms in total. The highest BCUT2D eigenvalue weighted by molar-refractivity contribution is 9.10. The lowest BCUT2D eigenvalue weighted by molar-refractivity contribution is 1.13. The van der Waals surface area contributed by atoms with Gasteiger partial charge < -0.3 is 0 Å². The van der Waals surface area contributed by atoms with Crippen LogP contribution in [0.3, 0.4) is 0 Å². The van der Waals surface area contributed by atoms with Crippen molar-refractivity contribution in [2.45, 2.75) is 12.3 Å². The lowest BCUT2D eigenvalue weighted by atomic mass is 9.94. The predicted octanol–water partition coefficient (Wildman–Crippen LogP) is 6.89. The zero-order chi connectivity index (χ0) is 15.0. The highest BCUT2D eigenvalue weighted by Gasteiger charge is 2.18. The van der Waals surface area contributed by atoms with Gasteiger partial charge in [0.2, 0.25) is 0 Å².